The molecule has 1 aromatic heterocycles. The maximum Gasteiger partial charge on any atom is 0.250 e. The van der Waals surface area contributed by atoms with Crippen molar-refractivity contribution in [3.63, 3.8) is 0 Å². The van der Waals surface area contributed by atoms with Gasteiger partial charge in [0.25, 0.3) is 5.91 Å². The summed E-state index contributed by atoms with van der Waals surface area (Å²) in [6.07, 6.45) is 1.43. The maximum atomic E-state index is 11.7. The Morgan fingerprint density at radius 2 is 2.44 bits per heavy atom. The van der Waals surface area contributed by atoms with Gasteiger partial charge in [-0.15, -0.1) is 36.2 Å². The summed E-state index contributed by atoms with van der Waals surface area (Å²) in [5, 5.41) is 6.98. The number of amides is 1. The molecule has 0 saturated carbocycles. The lowest BCUT2D eigenvalue weighted by atomic mass is 10.3. The van der Waals surface area contributed by atoms with Crippen LogP contribution in [0.5, 0.6) is 0 Å². The molecule has 1 unspecified atom stereocenters. The van der Waals surface area contributed by atoms with Crippen LogP contribution in [-0.4, -0.2) is 36.7 Å². The van der Waals surface area contributed by atoms with Crippen LogP contribution < -0.4 is 10.6 Å². The Morgan fingerprint density at radius 1 is 1.67 bits per heavy atom. The van der Waals surface area contributed by atoms with Crippen LogP contribution in [0.1, 0.15) is 9.88 Å². The first-order chi connectivity index (χ1) is 7.75. The third-order valence-electron chi connectivity index (χ3n) is 2.33. The van der Waals surface area contributed by atoms with Gasteiger partial charge in [0.1, 0.15) is 6.10 Å². The molecule has 0 aliphatic carbocycles. The molecule has 2 heterocycles. The Bertz CT molecular complexity index is 370. The molecule has 5 nitrogen and oxygen atoms in total. The molecule has 1 saturated heterocycles. The van der Waals surface area contributed by atoms with Crippen molar-refractivity contribution in [2.45, 2.75) is 19.6 Å². The lowest BCUT2D eigenvalue weighted by Gasteiger charge is -2.22. The van der Waals surface area contributed by atoms with E-state index in [1.54, 1.807) is 17.5 Å². The summed E-state index contributed by atoms with van der Waals surface area (Å²) < 4.78 is 5.35. The van der Waals surface area contributed by atoms with Gasteiger partial charge in [-0.3, -0.25) is 4.79 Å². The van der Waals surface area contributed by atoms with Crippen molar-refractivity contribution in [2.24, 2.45) is 0 Å². The van der Waals surface area contributed by atoms with Crippen molar-refractivity contribution >= 4 is 42.1 Å². The van der Waals surface area contributed by atoms with Crippen molar-refractivity contribution in [2.75, 3.05) is 19.7 Å². The number of rotatable bonds is 3. The Labute approximate surface area is 123 Å². The monoisotopic (exact) mass is 313 g/mol. The van der Waals surface area contributed by atoms with Crippen LogP contribution in [-0.2, 0) is 16.1 Å². The topological polar surface area (TPSA) is 63.2 Å². The predicted molar refractivity (Wildman–Crippen MR) is 75.8 cm³/mol. The molecule has 1 atom stereocenters. The molecule has 1 aromatic rings. The number of nitrogens with zero attached hydrogens (tertiary/aromatic N) is 1. The smallest absolute Gasteiger partial charge is 0.250 e. The summed E-state index contributed by atoms with van der Waals surface area (Å²) in [5.41, 5.74) is 0. The van der Waals surface area contributed by atoms with E-state index in [1.165, 1.54) is 0 Å². The largest absolute Gasteiger partial charge is 0.366 e. The molecule has 1 fully saturated rings. The second kappa shape index (κ2) is 8.66. The van der Waals surface area contributed by atoms with Gasteiger partial charge in [-0.25, -0.2) is 4.98 Å². The van der Waals surface area contributed by atoms with E-state index in [0.29, 0.717) is 19.7 Å². The van der Waals surface area contributed by atoms with Gasteiger partial charge in [0.15, 0.2) is 0 Å². The molecule has 0 spiro atoms. The predicted octanol–water partition coefficient (Wildman–Crippen LogP) is 0.900. The first kappa shape index (κ1) is 17.6. The second-order valence-electron chi connectivity index (χ2n) is 3.63. The standard InChI is InChI=1S/C10H15N3O2S.2ClH/c1-7-12-4-8(16-7)5-13-10(14)9-6-11-2-3-15-9;;/h4,9,11H,2-3,5-6H2,1H3,(H,13,14);2*1H. The fourth-order valence-electron chi connectivity index (χ4n) is 1.51. The summed E-state index contributed by atoms with van der Waals surface area (Å²) >= 11 is 1.59. The third kappa shape index (κ3) is 5.07. The van der Waals surface area contributed by atoms with E-state index in [-0.39, 0.29) is 36.8 Å². The van der Waals surface area contributed by atoms with E-state index in [0.717, 1.165) is 16.4 Å². The summed E-state index contributed by atoms with van der Waals surface area (Å²) in [6.45, 7) is 4.48. The molecule has 8 heteroatoms. The van der Waals surface area contributed by atoms with Gasteiger partial charge in [0.05, 0.1) is 18.2 Å². The average Bonchev–Trinajstić information content (AvgIpc) is 2.73. The first-order valence-corrected chi connectivity index (χ1v) is 6.08. The van der Waals surface area contributed by atoms with Gasteiger partial charge in [0.2, 0.25) is 0 Å². The van der Waals surface area contributed by atoms with Crippen LogP contribution in [0.4, 0.5) is 0 Å². The van der Waals surface area contributed by atoms with Gasteiger partial charge in [-0.05, 0) is 6.92 Å². The number of carbonyl (C=O) groups is 1. The number of ether oxygens (including phenoxy) is 1. The maximum absolute atomic E-state index is 11.7. The molecule has 104 valence electrons. The molecule has 1 aliphatic heterocycles. The van der Waals surface area contributed by atoms with E-state index < -0.39 is 0 Å². The van der Waals surface area contributed by atoms with Crippen molar-refractivity contribution in [3.05, 3.63) is 16.1 Å². The van der Waals surface area contributed by atoms with E-state index >= 15 is 0 Å². The van der Waals surface area contributed by atoms with E-state index in [9.17, 15) is 4.79 Å². The summed E-state index contributed by atoms with van der Waals surface area (Å²) in [4.78, 5) is 16.9. The molecule has 0 bridgehead atoms. The third-order valence-corrected chi connectivity index (χ3v) is 3.24. The highest BCUT2D eigenvalue weighted by Crippen LogP contribution is 2.10. The van der Waals surface area contributed by atoms with Crippen LogP contribution in [0.3, 0.4) is 0 Å². The zero-order valence-electron chi connectivity index (χ0n) is 9.97. The number of aryl methyl sites for hydroxylation is 1. The molecular formula is C10H17Cl2N3O2S. The van der Waals surface area contributed by atoms with Gasteiger partial charge >= 0.3 is 0 Å². The summed E-state index contributed by atoms with van der Waals surface area (Å²) in [7, 11) is 0. The Morgan fingerprint density at radius 3 is 3.00 bits per heavy atom. The first-order valence-electron chi connectivity index (χ1n) is 5.27. The number of hydrogen-bond acceptors (Lipinski definition) is 5. The lowest BCUT2D eigenvalue weighted by Crippen LogP contribution is -2.47. The molecular weight excluding hydrogens is 297 g/mol. The van der Waals surface area contributed by atoms with Crippen molar-refractivity contribution in [1.82, 2.24) is 15.6 Å². The number of hydrogen-bond donors (Lipinski definition) is 2. The fourth-order valence-corrected chi connectivity index (χ4v) is 2.24. The molecule has 0 radical (unpaired) electrons. The zero-order valence-corrected chi connectivity index (χ0v) is 12.4. The highest BCUT2D eigenvalue weighted by Gasteiger charge is 2.21. The van der Waals surface area contributed by atoms with E-state index in [4.69, 9.17) is 4.74 Å². The van der Waals surface area contributed by atoms with Crippen LogP contribution in [0.2, 0.25) is 0 Å². The molecule has 0 aromatic carbocycles. The van der Waals surface area contributed by atoms with E-state index in [1.807, 2.05) is 6.92 Å². The van der Waals surface area contributed by atoms with Crippen molar-refractivity contribution in [3.8, 4) is 0 Å². The average molecular weight is 314 g/mol. The Balaban J connectivity index is 0.00000144. The van der Waals surface area contributed by atoms with Crippen LogP contribution in [0, 0.1) is 6.92 Å². The minimum Gasteiger partial charge on any atom is -0.366 e. The fraction of sp³-hybridized carbons (Fsp3) is 0.600. The summed E-state index contributed by atoms with van der Waals surface area (Å²) in [6, 6.07) is 0. The van der Waals surface area contributed by atoms with Crippen LogP contribution >= 0.6 is 36.2 Å². The SMILES string of the molecule is Cc1ncc(CNC(=O)C2CNCCO2)s1.Cl.Cl. The Kier molecular flexibility index (Phi) is 8.47. The van der Waals surface area contributed by atoms with Gasteiger partial charge < -0.3 is 15.4 Å². The number of morpholine rings is 1. The molecule has 1 amide bonds. The second-order valence-corrected chi connectivity index (χ2v) is 4.95. The summed E-state index contributed by atoms with van der Waals surface area (Å²) in [5.74, 6) is -0.0572. The van der Waals surface area contributed by atoms with Crippen LogP contribution in [0.25, 0.3) is 0 Å². The number of aromatic nitrogens is 1. The van der Waals surface area contributed by atoms with Gasteiger partial charge in [0, 0.05) is 24.2 Å². The minimum atomic E-state index is -0.359. The highest BCUT2D eigenvalue weighted by molar-refractivity contribution is 7.11. The van der Waals surface area contributed by atoms with Gasteiger partial charge in [-0.2, -0.15) is 0 Å². The number of carbonyl (C=O) groups excluding carboxylic acids is 1. The van der Waals surface area contributed by atoms with E-state index in [2.05, 4.69) is 15.6 Å². The molecule has 18 heavy (non-hydrogen) atoms. The lowest BCUT2D eigenvalue weighted by molar-refractivity contribution is -0.134. The number of halogens is 2. The van der Waals surface area contributed by atoms with Crippen LogP contribution in [0.15, 0.2) is 6.20 Å². The number of thiazole rings is 1. The molecule has 1 aliphatic rings. The normalized spacial score (nSPS) is 18.4. The molecule has 2 rings (SSSR count). The van der Waals surface area contributed by atoms with Gasteiger partial charge in [-0.1, -0.05) is 0 Å². The Hall–Kier alpha value is -0.400. The van der Waals surface area contributed by atoms with Crippen molar-refractivity contribution < 1.29 is 9.53 Å². The zero-order chi connectivity index (χ0) is 11.4. The highest BCUT2D eigenvalue weighted by atomic mass is 35.5. The van der Waals surface area contributed by atoms with Crippen molar-refractivity contribution in [1.29, 1.82) is 0 Å². The molecule has 2 N–H and O–H groups in total. The quantitative estimate of drug-likeness (QED) is 0.870. The number of nitrogens with one attached hydrogen (secondary N) is 2. The minimum absolute atomic E-state index is 0.